The van der Waals surface area contributed by atoms with Gasteiger partial charge in [-0.05, 0) is 31.4 Å². The highest BCUT2D eigenvalue weighted by Crippen LogP contribution is 2.17. The zero-order valence-electron chi connectivity index (χ0n) is 42.1. The lowest BCUT2D eigenvalue weighted by atomic mass is 10.0. The molecule has 0 radical (unpaired) electrons. The number of ether oxygens (including phenoxy) is 2. The number of aliphatic carboxylic acids is 1. The van der Waals surface area contributed by atoms with Gasteiger partial charge in [0.15, 0.2) is 0 Å². The van der Waals surface area contributed by atoms with Gasteiger partial charge in [-0.25, -0.2) is 4.79 Å². The summed E-state index contributed by atoms with van der Waals surface area (Å²) in [6, 6.07) is -0.830. The Morgan fingerprint density at radius 1 is 0.452 bits per heavy atom. The van der Waals surface area contributed by atoms with Crippen LogP contribution in [0, 0.1) is 0 Å². The van der Waals surface area contributed by atoms with Crippen molar-refractivity contribution in [3.8, 4) is 0 Å². The quantitative estimate of drug-likeness (QED) is 0.0592. The standard InChI is InChI=1S/C55H109NO5S/c1-4-7-10-13-16-19-22-25-28-31-34-37-40-43-47-60-50-52(61-48-44-41-38-35-32-29-26-23-20-17-14-11-8-5-2)51-62-49-46-53(55(58)59)56-54(57)45-42-39-36-33-30-27-24-21-18-15-12-9-6-3/h52-53H,4-51H2,1-3H3,(H,56,57)(H,58,59)/t52?,53-/m0/s1. The highest BCUT2D eigenvalue weighted by atomic mass is 32.2. The average molecular weight is 897 g/mol. The van der Waals surface area contributed by atoms with Gasteiger partial charge in [0.1, 0.15) is 6.04 Å². The Morgan fingerprint density at radius 2 is 0.774 bits per heavy atom. The second-order valence-corrected chi connectivity index (χ2v) is 20.2. The van der Waals surface area contributed by atoms with Gasteiger partial charge in [-0.3, -0.25) is 4.79 Å². The molecule has 0 fully saturated rings. The van der Waals surface area contributed by atoms with Gasteiger partial charge in [0, 0.05) is 25.4 Å². The van der Waals surface area contributed by atoms with Gasteiger partial charge < -0.3 is 19.9 Å². The fourth-order valence-corrected chi connectivity index (χ4v) is 9.57. The molecule has 0 bridgehead atoms. The molecule has 0 aromatic carbocycles. The molecule has 370 valence electrons. The summed E-state index contributed by atoms with van der Waals surface area (Å²) in [6.45, 7) is 8.99. The van der Waals surface area contributed by atoms with Crippen molar-refractivity contribution in [2.75, 3.05) is 31.3 Å². The van der Waals surface area contributed by atoms with Crippen molar-refractivity contribution in [1.82, 2.24) is 5.32 Å². The Morgan fingerprint density at radius 3 is 1.13 bits per heavy atom. The van der Waals surface area contributed by atoms with Gasteiger partial charge >= 0.3 is 5.97 Å². The van der Waals surface area contributed by atoms with Crippen LogP contribution in [0.1, 0.15) is 297 Å². The first-order valence-corrected chi connectivity index (χ1v) is 29.0. The van der Waals surface area contributed by atoms with Gasteiger partial charge in [0.2, 0.25) is 5.91 Å². The topological polar surface area (TPSA) is 84.9 Å². The minimum Gasteiger partial charge on any atom is -0.480 e. The minimum atomic E-state index is -0.939. The summed E-state index contributed by atoms with van der Waals surface area (Å²) in [4.78, 5) is 24.7. The molecule has 0 aliphatic rings. The lowest BCUT2D eigenvalue weighted by Crippen LogP contribution is -2.41. The molecule has 0 spiro atoms. The zero-order chi connectivity index (χ0) is 45.1. The van der Waals surface area contributed by atoms with Crippen LogP contribution in [0.5, 0.6) is 0 Å². The molecule has 1 unspecified atom stereocenters. The van der Waals surface area contributed by atoms with Crippen LogP contribution in [0.3, 0.4) is 0 Å². The number of hydrogen-bond donors (Lipinski definition) is 2. The molecule has 7 heteroatoms. The van der Waals surface area contributed by atoms with E-state index in [1.54, 1.807) is 11.8 Å². The third-order valence-corrected chi connectivity index (χ3v) is 13.9. The molecular formula is C55H109NO5S. The third-order valence-electron chi connectivity index (χ3n) is 12.8. The van der Waals surface area contributed by atoms with Gasteiger partial charge in [-0.2, -0.15) is 11.8 Å². The van der Waals surface area contributed by atoms with Crippen LogP contribution in [0.2, 0.25) is 0 Å². The molecular weight excluding hydrogens is 787 g/mol. The van der Waals surface area contributed by atoms with Crippen LogP contribution >= 0.6 is 11.8 Å². The summed E-state index contributed by atoms with van der Waals surface area (Å²) in [5, 5.41) is 12.7. The van der Waals surface area contributed by atoms with E-state index < -0.39 is 12.0 Å². The first-order valence-electron chi connectivity index (χ1n) is 27.8. The first kappa shape index (κ1) is 61.2. The lowest BCUT2D eigenvalue weighted by molar-refractivity contribution is -0.141. The summed E-state index contributed by atoms with van der Waals surface area (Å²) in [5.74, 6) is 0.396. The van der Waals surface area contributed by atoms with Crippen LogP contribution in [0.4, 0.5) is 0 Å². The summed E-state index contributed by atoms with van der Waals surface area (Å²) in [5.41, 5.74) is 0. The van der Waals surface area contributed by atoms with Gasteiger partial charge in [-0.1, -0.05) is 265 Å². The van der Waals surface area contributed by atoms with Crippen LogP contribution < -0.4 is 5.32 Å². The summed E-state index contributed by atoms with van der Waals surface area (Å²) < 4.78 is 12.5. The molecule has 0 aromatic heterocycles. The predicted octanol–water partition coefficient (Wildman–Crippen LogP) is 17.5. The number of carboxylic acid groups (broad SMARTS) is 1. The highest BCUT2D eigenvalue weighted by Gasteiger charge is 2.20. The van der Waals surface area contributed by atoms with Crippen LogP contribution in [-0.4, -0.2) is 60.5 Å². The van der Waals surface area contributed by atoms with Gasteiger partial charge in [0.05, 0.1) is 12.7 Å². The van der Waals surface area contributed by atoms with E-state index in [9.17, 15) is 14.7 Å². The van der Waals surface area contributed by atoms with Gasteiger partial charge in [-0.15, -0.1) is 0 Å². The average Bonchev–Trinajstić information content (AvgIpc) is 3.27. The van der Waals surface area contributed by atoms with Crippen LogP contribution in [-0.2, 0) is 19.1 Å². The molecule has 0 saturated carbocycles. The predicted molar refractivity (Wildman–Crippen MR) is 273 cm³/mol. The Labute approximate surface area is 391 Å². The van der Waals surface area contributed by atoms with Crippen molar-refractivity contribution in [3.63, 3.8) is 0 Å². The molecule has 0 aliphatic carbocycles. The van der Waals surface area contributed by atoms with E-state index in [1.165, 1.54) is 231 Å². The molecule has 62 heavy (non-hydrogen) atoms. The molecule has 0 heterocycles. The molecule has 1 amide bonds. The number of carboxylic acids is 1. The highest BCUT2D eigenvalue weighted by molar-refractivity contribution is 7.99. The largest absolute Gasteiger partial charge is 0.480 e. The zero-order valence-corrected chi connectivity index (χ0v) is 42.9. The van der Waals surface area contributed by atoms with E-state index in [0.29, 0.717) is 25.2 Å². The van der Waals surface area contributed by atoms with Crippen LogP contribution in [0.15, 0.2) is 0 Å². The number of amides is 1. The number of carbonyl (C=O) groups is 2. The number of carbonyl (C=O) groups excluding carboxylic acids is 1. The van der Waals surface area contributed by atoms with Crippen molar-refractivity contribution in [2.24, 2.45) is 0 Å². The fraction of sp³-hybridized carbons (Fsp3) is 0.964. The maximum atomic E-state index is 12.6. The second-order valence-electron chi connectivity index (χ2n) is 19.1. The van der Waals surface area contributed by atoms with Crippen LogP contribution in [0.25, 0.3) is 0 Å². The number of hydrogen-bond acceptors (Lipinski definition) is 5. The molecule has 0 aromatic rings. The summed E-state index contributed by atoms with van der Waals surface area (Å²) in [7, 11) is 0. The molecule has 0 saturated heterocycles. The molecule has 2 N–H and O–H groups in total. The van der Waals surface area contributed by atoms with Crippen molar-refractivity contribution in [1.29, 1.82) is 0 Å². The SMILES string of the molecule is CCCCCCCCCCCCCCCCOCC(CSCC[C@H](NC(=O)CCCCCCCCCCCCCCC)C(=O)O)OCCCCCCCCCCCCCCCC. The van der Waals surface area contributed by atoms with Crippen molar-refractivity contribution in [3.05, 3.63) is 0 Å². The van der Waals surface area contributed by atoms with E-state index in [-0.39, 0.29) is 12.0 Å². The van der Waals surface area contributed by atoms with Crippen molar-refractivity contribution >= 4 is 23.6 Å². The molecule has 2 atom stereocenters. The number of unbranched alkanes of at least 4 members (excludes halogenated alkanes) is 38. The van der Waals surface area contributed by atoms with Gasteiger partial charge in [0.25, 0.3) is 0 Å². The maximum absolute atomic E-state index is 12.6. The third kappa shape index (κ3) is 48.7. The second kappa shape index (κ2) is 52.8. The van der Waals surface area contributed by atoms with E-state index in [2.05, 4.69) is 26.1 Å². The molecule has 0 rings (SSSR count). The summed E-state index contributed by atoms with van der Waals surface area (Å²) >= 11 is 1.73. The molecule has 0 aliphatic heterocycles. The van der Waals surface area contributed by atoms with E-state index in [0.717, 1.165) is 51.1 Å². The monoisotopic (exact) mass is 896 g/mol. The van der Waals surface area contributed by atoms with E-state index in [1.807, 2.05) is 0 Å². The Bertz CT molecular complexity index is 890. The van der Waals surface area contributed by atoms with E-state index in [4.69, 9.17) is 9.47 Å². The molecule has 6 nitrogen and oxygen atoms in total. The number of rotatable bonds is 54. The first-order chi connectivity index (χ1) is 30.5. The Hall–Kier alpha value is -0.790. The normalized spacial score (nSPS) is 12.6. The minimum absolute atomic E-state index is 0.0158. The number of thioether (sulfide) groups is 1. The summed E-state index contributed by atoms with van der Waals surface area (Å²) in [6.07, 6.45) is 55.2. The van der Waals surface area contributed by atoms with Crippen molar-refractivity contribution < 1.29 is 24.2 Å². The van der Waals surface area contributed by atoms with Crippen molar-refractivity contribution in [2.45, 2.75) is 309 Å². The lowest BCUT2D eigenvalue weighted by Gasteiger charge is -2.19. The maximum Gasteiger partial charge on any atom is 0.326 e. The fourth-order valence-electron chi connectivity index (χ4n) is 8.55. The Kier molecular flexibility index (Phi) is 52.2. The Balaban J connectivity index is 4.32. The van der Waals surface area contributed by atoms with E-state index >= 15 is 0 Å². The smallest absolute Gasteiger partial charge is 0.326 e. The number of nitrogens with one attached hydrogen (secondary N) is 1.